The molecule has 2 heteroatoms. The average molecular weight is 173 g/mol. The number of hydrogen-bond acceptors (Lipinski definition) is 1. The molecule has 1 aliphatic heterocycles. The summed E-state index contributed by atoms with van der Waals surface area (Å²) in [6.45, 7) is 7.09. The largest absolute Gasteiger partial charge is 0.268 e. The van der Waals surface area contributed by atoms with E-state index < -0.39 is 0 Å². The Hall–Kier alpha value is 0.150. The van der Waals surface area contributed by atoms with Gasteiger partial charge in [0, 0.05) is 18.6 Å². The van der Waals surface area contributed by atoms with Crippen LogP contribution in [0.3, 0.4) is 0 Å². The van der Waals surface area contributed by atoms with Crippen LogP contribution in [0.2, 0.25) is 0 Å². The molecule has 1 heterocycles. The number of rotatable bonds is 0. The fourth-order valence-electron chi connectivity index (χ4n) is 2.04. The molecule has 1 aliphatic rings. The second kappa shape index (κ2) is 3.26. The molecular weight excluding hydrogens is 154 g/mol. The van der Waals surface area contributed by atoms with Crippen molar-refractivity contribution in [2.75, 3.05) is 18.6 Å². The zero-order valence-corrected chi connectivity index (χ0v) is 8.87. The first-order chi connectivity index (χ1) is 5.03. The minimum atomic E-state index is 0.374. The van der Waals surface area contributed by atoms with Gasteiger partial charge < -0.3 is 0 Å². The Morgan fingerprint density at radius 3 is 2.55 bits per heavy atom. The topological polar surface area (TPSA) is 12.4 Å². The first-order valence-corrected chi connectivity index (χ1v) is 5.83. The van der Waals surface area contributed by atoms with Crippen LogP contribution in [0.1, 0.15) is 27.2 Å². The highest BCUT2D eigenvalue weighted by molar-refractivity contribution is 7.87. The van der Waals surface area contributed by atoms with Crippen molar-refractivity contribution in [1.29, 1.82) is 0 Å². The van der Waals surface area contributed by atoms with Gasteiger partial charge in [0.1, 0.15) is 0 Å². The maximum absolute atomic E-state index is 4.42. The quantitative estimate of drug-likeness (QED) is 0.533. The Balaban J connectivity index is 2.66. The molecule has 0 aromatic rings. The van der Waals surface area contributed by atoms with Crippen LogP contribution in [-0.4, -0.2) is 18.6 Å². The third kappa shape index (κ3) is 2.58. The van der Waals surface area contributed by atoms with E-state index in [0.717, 1.165) is 5.92 Å². The van der Waals surface area contributed by atoms with Crippen LogP contribution in [0.15, 0.2) is 4.36 Å². The molecule has 0 aromatic carbocycles. The summed E-state index contributed by atoms with van der Waals surface area (Å²) in [5.74, 6) is 3.53. The van der Waals surface area contributed by atoms with Crippen molar-refractivity contribution in [3.63, 3.8) is 0 Å². The molecule has 0 bridgehead atoms. The molecule has 0 saturated carbocycles. The van der Waals surface area contributed by atoms with Crippen LogP contribution >= 0.6 is 0 Å². The molecule has 2 unspecified atom stereocenters. The predicted octanol–water partition coefficient (Wildman–Crippen LogP) is 2.48. The summed E-state index contributed by atoms with van der Waals surface area (Å²) >= 11 is 0. The van der Waals surface area contributed by atoms with Crippen LogP contribution in [0.5, 0.6) is 0 Å². The van der Waals surface area contributed by atoms with Gasteiger partial charge in [-0.1, -0.05) is 20.8 Å². The molecule has 0 spiro atoms. The van der Waals surface area contributed by atoms with Crippen molar-refractivity contribution in [1.82, 2.24) is 0 Å². The summed E-state index contributed by atoms with van der Waals surface area (Å²) in [6.07, 6.45) is 1.38. The van der Waals surface area contributed by atoms with E-state index in [2.05, 4.69) is 25.1 Å². The summed E-state index contributed by atoms with van der Waals surface area (Å²) in [5.41, 5.74) is 0.542. The van der Waals surface area contributed by atoms with Gasteiger partial charge in [0.15, 0.2) is 0 Å². The second-order valence-electron chi connectivity index (χ2n) is 4.43. The van der Waals surface area contributed by atoms with Crippen LogP contribution in [0, 0.1) is 11.3 Å². The monoisotopic (exact) mass is 173 g/mol. The maximum atomic E-state index is 4.42. The highest BCUT2D eigenvalue weighted by Gasteiger charge is 2.28. The Kier molecular flexibility index (Phi) is 2.74. The van der Waals surface area contributed by atoms with Gasteiger partial charge in [0.25, 0.3) is 0 Å². The lowest BCUT2D eigenvalue weighted by molar-refractivity contribution is 0.317. The first kappa shape index (κ1) is 9.24. The maximum Gasteiger partial charge on any atom is 0.0346 e. The molecule has 1 rings (SSSR count). The van der Waals surface area contributed by atoms with Gasteiger partial charge in [0.05, 0.1) is 0 Å². The summed E-state index contributed by atoms with van der Waals surface area (Å²) < 4.78 is 4.42. The van der Waals surface area contributed by atoms with Gasteiger partial charge in [-0.2, -0.15) is 0 Å². The molecule has 1 nitrogen and oxygen atoms in total. The van der Waals surface area contributed by atoms with Crippen LogP contribution in [0.4, 0.5) is 0 Å². The van der Waals surface area contributed by atoms with Crippen molar-refractivity contribution in [3.05, 3.63) is 0 Å². The molecule has 0 aromatic heterocycles. The lowest BCUT2D eigenvalue weighted by Gasteiger charge is -2.34. The van der Waals surface area contributed by atoms with Gasteiger partial charge >= 0.3 is 0 Å². The molecule has 1 saturated heterocycles. The molecule has 1 fully saturated rings. The van der Waals surface area contributed by atoms with Gasteiger partial charge in [-0.05, 0) is 17.8 Å². The van der Waals surface area contributed by atoms with E-state index >= 15 is 0 Å². The molecule has 0 aliphatic carbocycles. The molecule has 66 valence electrons. The van der Waals surface area contributed by atoms with Gasteiger partial charge in [-0.3, -0.25) is 4.36 Å². The summed E-state index contributed by atoms with van der Waals surface area (Å²) in [6, 6.07) is 0. The van der Waals surface area contributed by atoms with E-state index in [0.29, 0.717) is 16.1 Å². The lowest BCUT2D eigenvalue weighted by Crippen LogP contribution is -2.32. The number of nitrogens with zero attached hydrogens (tertiary/aromatic N) is 1. The highest BCUT2D eigenvalue weighted by Crippen LogP contribution is 2.32. The molecule has 11 heavy (non-hydrogen) atoms. The van der Waals surface area contributed by atoms with Crippen LogP contribution < -0.4 is 0 Å². The summed E-state index contributed by atoms with van der Waals surface area (Å²) in [7, 11) is 2.34. The van der Waals surface area contributed by atoms with Crippen LogP contribution in [0.25, 0.3) is 0 Å². The van der Waals surface area contributed by atoms with Gasteiger partial charge in [-0.15, -0.1) is 10.7 Å². The minimum Gasteiger partial charge on any atom is -0.268 e. The normalized spacial score (nSPS) is 37.5. The standard InChI is InChI=1S/C9H19NS/c1-8-5-9(2,3)7-11(6-8)10-4/h8H,5-7H2,1-4H3. The molecule has 0 radical (unpaired) electrons. The van der Waals surface area contributed by atoms with Crippen molar-refractivity contribution in [2.24, 2.45) is 15.7 Å². The zero-order valence-electron chi connectivity index (χ0n) is 8.05. The Morgan fingerprint density at radius 2 is 2.09 bits per heavy atom. The van der Waals surface area contributed by atoms with E-state index in [-0.39, 0.29) is 0 Å². The summed E-state index contributed by atoms with van der Waals surface area (Å²) in [5, 5.41) is 0. The third-order valence-corrected chi connectivity index (χ3v) is 4.78. The van der Waals surface area contributed by atoms with Gasteiger partial charge in [0.2, 0.25) is 0 Å². The van der Waals surface area contributed by atoms with Crippen molar-refractivity contribution in [2.45, 2.75) is 27.2 Å². The average Bonchev–Trinajstić information content (AvgIpc) is 1.83. The number of hydrogen-bond donors (Lipinski definition) is 0. The van der Waals surface area contributed by atoms with Crippen molar-refractivity contribution >= 4 is 10.7 Å². The van der Waals surface area contributed by atoms with E-state index in [1.807, 2.05) is 7.05 Å². The molecular formula is C9H19NS. The van der Waals surface area contributed by atoms with E-state index in [4.69, 9.17) is 0 Å². The highest BCUT2D eigenvalue weighted by atomic mass is 32.2. The Morgan fingerprint density at radius 1 is 1.45 bits per heavy atom. The Bertz CT molecular complexity index is 172. The van der Waals surface area contributed by atoms with Crippen molar-refractivity contribution < 1.29 is 0 Å². The molecule has 2 atom stereocenters. The second-order valence-corrected chi connectivity index (χ2v) is 6.34. The fourth-order valence-corrected chi connectivity index (χ4v) is 4.23. The Labute approximate surface area is 72.7 Å². The lowest BCUT2D eigenvalue weighted by atomic mass is 9.85. The van der Waals surface area contributed by atoms with E-state index in [1.54, 1.807) is 0 Å². The molecule has 0 N–H and O–H groups in total. The zero-order chi connectivity index (χ0) is 8.48. The van der Waals surface area contributed by atoms with Crippen LogP contribution in [-0.2, 0) is 10.7 Å². The van der Waals surface area contributed by atoms with E-state index in [1.165, 1.54) is 17.9 Å². The predicted molar refractivity (Wildman–Crippen MR) is 53.0 cm³/mol. The first-order valence-electron chi connectivity index (χ1n) is 4.31. The smallest absolute Gasteiger partial charge is 0.0346 e. The molecule has 0 amide bonds. The van der Waals surface area contributed by atoms with Gasteiger partial charge in [-0.25, -0.2) is 0 Å². The minimum absolute atomic E-state index is 0.374. The summed E-state index contributed by atoms with van der Waals surface area (Å²) in [4.78, 5) is 0. The fraction of sp³-hybridized carbons (Fsp3) is 1.00. The SMILES string of the molecule is CN=S1CC(C)CC(C)(C)C1. The third-order valence-electron chi connectivity index (χ3n) is 2.19. The van der Waals surface area contributed by atoms with E-state index in [9.17, 15) is 0 Å². The van der Waals surface area contributed by atoms with Crippen molar-refractivity contribution in [3.8, 4) is 0 Å².